The van der Waals surface area contributed by atoms with E-state index in [1.807, 2.05) is 30.3 Å². The van der Waals surface area contributed by atoms with Gasteiger partial charge in [-0.1, -0.05) is 42.5 Å². The largest absolute Gasteiger partial charge is 0.294 e. The topological polar surface area (TPSA) is 54.5 Å². The molecule has 0 radical (unpaired) electrons. The molecule has 2 aromatic carbocycles. The van der Waals surface area contributed by atoms with Gasteiger partial charge >= 0.3 is 0 Å². The summed E-state index contributed by atoms with van der Waals surface area (Å²) < 4.78 is 0. The van der Waals surface area contributed by atoms with Crippen LogP contribution in [0.15, 0.2) is 60.7 Å². The molecule has 0 aliphatic carbocycles. The Kier molecular flexibility index (Phi) is 3.58. The van der Waals surface area contributed by atoms with E-state index in [1.165, 1.54) is 18.3 Å². The summed E-state index contributed by atoms with van der Waals surface area (Å²) in [5.74, 6) is -0.945. The number of rotatable bonds is 3. The van der Waals surface area contributed by atoms with E-state index < -0.39 is 0 Å². The van der Waals surface area contributed by atoms with Crippen molar-refractivity contribution in [3.05, 3.63) is 76.7 Å². The van der Waals surface area contributed by atoms with E-state index in [0.29, 0.717) is 21.7 Å². The van der Waals surface area contributed by atoms with Crippen molar-refractivity contribution in [1.82, 2.24) is 0 Å². The van der Waals surface area contributed by atoms with E-state index in [9.17, 15) is 14.4 Å². The molecule has 0 bridgehead atoms. The molecular weight excluding hydrogens is 334 g/mol. The zero-order valence-electron chi connectivity index (χ0n) is 13.4. The molecule has 4 nitrogen and oxygen atoms in total. The van der Waals surface area contributed by atoms with Gasteiger partial charge in [0, 0.05) is 11.8 Å². The second-order valence-corrected chi connectivity index (χ2v) is 6.79. The van der Waals surface area contributed by atoms with Crippen molar-refractivity contribution in [1.29, 1.82) is 0 Å². The summed E-state index contributed by atoms with van der Waals surface area (Å²) in [5.41, 5.74) is 2.05. The van der Waals surface area contributed by atoms with E-state index in [2.05, 4.69) is 0 Å². The lowest BCUT2D eigenvalue weighted by Gasteiger charge is -2.13. The number of ketones is 1. The molecule has 1 aromatic heterocycles. The number of hydrogen-bond donors (Lipinski definition) is 0. The van der Waals surface area contributed by atoms with Crippen LogP contribution in [0, 0.1) is 0 Å². The van der Waals surface area contributed by atoms with Gasteiger partial charge in [0.1, 0.15) is 0 Å². The second-order valence-electron chi connectivity index (χ2n) is 5.74. The van der Waals surface area contributed by atoms with E-state index in [0.717, 1.165) is 15.3 Å². The number of fused-ring (bicyclic) bond motifs is 1. The van der Waals surface area contributed by atoms with E-state index in [1.54, 1.807) is 30.3 Å². The standard InChI is InChI=1S/C20H13NO3S/c1-12(22)18-16(11-17(25-18)13-7-3-2-4-8-13)21-19(23)14-9-5-6-10-15(14)20(21)24/h2-11H,1H3. The summed E-state index contributed by atoms with van der Waals surface area (Å²) in [4.78, 5) is 39.9. The lowest BCUT2D eigenvalue weighted by molar-refractivity contribution is 0.0926. The molecule has 1 aliphatic rings. The maximum atomic E-state index is 12.7. The van der Waals surface area contributed by atoms with Crippen molar-refractivity contribution >= 4 is 34.6 Å². The number of thiophene rings is 1. The highest BCUT2D eigenvalue weighted by atomic mass is 32.1. The molecule has 25 heavy (non-hydrogen) atoms. The lowest BCUT2D eigenvalue weighted by Crippen LogP contribution is -2.30. The van der Waals surface area contributed by atoms with Gasteiger partial charge in [0.2, 0.25) is 0 Å². The van der Waals surface area contributed by atoms with Crippen LogP contribution in [0.2, 0.25) is 0 Å². The fourth-order valence-corrected chi connectivity index (χ4v) is 4.00. The molecule has 0 unspecified atom stereocenters. The Morgan fingerprint density at radius 1 is 0.880 bits per heavy atom. The fraction of sp³-hybridized carbons (Fsp3) is 0.0500. The van der Waals surface area contributed by atoms with Gasteiger partial charge in [0.05, 0.1) is 21.7 Å². The molecule has 0 saturated heterocycles. The van der Waals surface area contributed by atoms with Crippen molar-refractivity contribution in [2.75, 3.05) is 4.90 Å². The summed E-state index contributed by atoms with van der Waals surface area (Å²) in [6.07, 6.45) is 0. The summed E-state index contributed by atoms with van der Waals surface area (Å²) in [6, 6.07) is 18.1. The van der Waals surface area contributed by atoms with Gasteiger partial charge in [-0.15, -0.1) is 11.3 Å². The van der Waals surface area contributed by atoms with E-state index in [-0.39, 0.29) is 17.6 Å². The predicted octanol–water partition coefficient (Wildman–Crippen LogP) is 4.42. The van der Waals surface area contributed by atoms with Crippen molar-refractivity contribution in [2.45, 2.75) is 6.92 Å². The summed E-state index contributed by atoms with van der Waals surface area (Å²) in [5, 5.41) is 0. The van der Waals surface area contributed by atoms with E-state index >= 15 is 0 Å². The number of carbonyl (C=O) groups excluding carboxylic acids is 3. The quantitative estimate of drug-likeness (QED) is 0.521. The molecular formula is C20H13NO3S. The van der Waals surface area contributed by atoms with Crippen LogP contribution < -0.4 is 4.90 Å². The average molecular weight is 347 g/mol. The zero-order valence-corrected chi connectivity index (χ0v) is 14.2. The molecule has 4 rings (SSSR count). The molecule has 0 saturated carbocycles. The molecule has 0 spiro atoms. The molecule has 122 valence electrons. The molecule has 3 aromatic rings. The molecule has 0 fully saturated rings. The maximum absolute atomic E-state index is 12.7. The number of imide groups is 1. The highest BCUT2D eigenvalue weighted by Gasteiger charge is 2.38. The first kappa shape index (κ1) is 15.5. The highest BCUT2D eigenvalue weighted by Crippen LogP contribution is 2.40. The third kappa shape index (κ3) is 2.40. The van der Waals surface area contributed by atoms with Gasteiger partial charge < -0.3 is 0 Å². The van der Waals surface area contributed by atoms with Crippen LogP contribution in [0.4, 0.5) is 5.69 Å². The number of amides is 2. The fourth-order valence-electron chi connectivity index (χ4n) is 2.95. The van der Waals surface area contributed by atoms with Crippen molar-refractivity contribution in [3.63, 3.8) is 0 Å². The Morgan fingerprint density at radius 3 is 2.00 bits per heavy atom. The zero-order chi connectivity index (χ0) is 17.6. The Morgan fingerprint density at radius 2 is 1.44 bits per heavy atom. The Hall–Kier alpha value is -3.05. The number of nitrogens with zero attached hydrogens (tertiary/aromatic N) is 1. The third-order valence-corrected chi connectivity index (χ3v) is 5.40. The molecule has 2 amide bonds. The van der Waals surface area contributed by atoms with E-state index in [4.69, 9.17) is 0 Å². The van der Waals surface area contributed by atoms with Crippen molar-refractivity contribution in [2.24, 2.45) is 0 Å². The lowest BCUT2D eigenvalue weighted by atomic mass is 10.1. The number of anilines is 1. The summed E-state index contributed by atoms with van der Waals surface area (Å²) in [6.45, 7) is 1.45. The Labute approximate surface area is 148 Å². The molecule has 0 atom stereocenters. The number of benzene rings is 2. The first-order valence-corrected chi connectivity index (χ1v) is 8.57. The minimum absolute atomic E-state index is 0.168. The highest BCUT2D eigenvalue weighted by molar-refractivity contribution is 7.18. The molecule has 1 aliphatic heterocycles. The second kappa shape index (κ2) is 5.79. The van der Waals surface area contributed by atoms with Gasteiger partial charge in [-0.25, -0.2) is 4.90 Å². The molecule has 0 N–H and O–H groups in total. The summed E-state index contributed by atoms with van der Waals surface area (Å²) >= 11 is 1.29. The van der Waals surface area contributed by atoms with Gasteiger partial charge in [-0.3, -0.25) is 14.4 Å². The predicted molar refractivity (Wildman–Crippen MR) is 97.3 cm³/mol. The maximum Gasteiger partial charge on any atom is 0.266 e. The Balaban J connectivity index is 1.86. The van der Waals surface area contributed by atoms with Gasteiger partial charge in [-0.2, -0.15) is 0 Å². The van der Waals surface area contributed by atoms with Gasteiger partial charge in [-0.05, 0) is 23.8 Å². The van der Waals surface area contributed by atoms with Crippen LogP contribution >= 0.6 is 11.3 Å². The Bertz CT molecular complexity index is 985. The number of carbonyl (C=O) groups is 3. The van der Waals surface area contributed by atoms with Crippen molar-refractivity contribution in [3.8, 4) is 10.4 Å². The van der Waals surface area contributed by atoms with Crippen LogP contribution in [0.1, 0.15) is 37.3 Å². The normalized spacial score (nSPS) is 13.2. The van der Waals surface area contributed by atoms with Crippen molar-refractivity contribution < 1.29 is 14.4 Å². The third-order valence-electron chi connectivity index (χ3n) is 4.13. The molecule has 5 heteroatoms. The van der Waals surface area contributed by atoms with Gasteiger partial charge in [0.25, 0.3) is 11.8 Å². The van der Waals surface area contributed by atoms with Crippen LogP contribution in [0.5, 0.6) is 0 Å². The smallest absolute Gasteiger partial charge is 0.266 e. The SMILES string of the molecule is CC(=O)c1sc(-c2ccccc2)cc1N1C(=O)c2ccccc2C1=O. The monoisotopic (exact) mass is 347 g/mol. The molecule has 2 heterocycles. The first-order valence-electron chi connectivity index (χ1n) is 7.76. The minimum atomic E-state index is -0.388. The minimum Gasteiger partial charge on any atom is -0.294 e. The first-order chi connectivity index (χ1) is 12.1. The number of hydrogen-bond acceptors (Lipinski definition) is 4. The van der Waals surface area contributed by atoms with Crippen LogP contribution in [-0.2, 0) is 0 Å². The van der Waals surface area contributed by atoms with Crippen LogP contribution in [0.3, 0.4) is 0 Å². The van der Waals surface area contributed by atoms with Crippen LogP contribution in [0.25, 0.3) is 10.4 Å². The van der Waals surface area contributed by atoms with Crippen LogP contribution in [-0.4, -0.2) is 17.6 Å². The average Bonchev–Trinajstić information content (AvgIpc) is 3.17. The number of Topliss-reactive ketones (excluding diaryl/α,β-unsaturated/α-hetero) is 1. The summed E-state index contributed by atoms with van der Waals surface area (Å²) in [7, 11) is 0. The van der Waals surface area contributed by atoms with Gasteiger partial charge in [0.15, 0.2) is 5.78 Å².